The largest absolute Gasteiger partial charge is 0.493 e. The molecule has 0 aromatic heterocycles. The summed E-state index contributed by atoms with van der Waals surface area (Å²) in [5.41, 5.74) is 1.59. The van der Waals surface area contributed by atoms with E-state index in [9.17, 15) is 24.9 Å². The molecule has 0 saturated carbocycles. The number of unbranched alkanes of at least 4 members (excludes halogenated alkanes) is 8. The monoisotopic (exact) mass is 645 g/mol. The molecule has 1 saturated heterocycles. The molecule has 2 aliphatic heterocycles. The van der Waals surface area contributed by atoms with E-state index in [0.717, 1.165) is 32.4 Å². The van der Waals surface area contributed by atoms with Crippen molar-refractivity contribution in [3.63, 3.8) is 0 Å². The Morgan fingerprint density at radius 2 is 1.74 bits per heavy atom. The van der Waals surface area contributed by atoms with Crippen molar-refractivity contribution in [1.29, 1.82) is 0 Å². The molecule has 2 heterocycles. The van der Waals surface area contributed by atoms with Crippen LogP contribution in [0, 0.1) is 0 Å². The lowest BCUT2D eigenvalue weighted by Gasteiger charge is -2.41. The van der Waals surface area contributed by atoms with Gasteiger partial charge in [0.2, 0.25) is 11.8 Å². The highest BCUT2D eigenvalue weighted by Crippen LogP contribution is 2.51. The van der Waals surface area contributed by atoms with Crippen LogP contribution in [-0.4, -0.2) is 115 Å². The Hall–Kier alpha value is -2.70. The second-order valence-electron chi connectivity index (χ2n) is 12.6. The number of aliphatic hydroxyl groups excluding tert-OH is 3. The van der Waals surface area contributed by atoms with Crippen LogP contribution in [0.4, 0.5) is 0 Å². The summed E-state index contributed by atoms with van der Waals surface area (Å²) in [6, 6.07) is 2.66. The first kappa shape index (κ1) is 36.1. The maximum absolute atomic E-state index is 13.9. The number of fused-ring (bicyclic) bond motifs is 3. The number of nitrogens with zero attached hydrogens (tertiary/aromatic N) is 2. The van der Waals surface area contributed by atoms with Crippen molar-refractivity contribution in [3.05, 3.63) is 34.9 Å². The maximum Gasteiger partial charge on any atom is 0.247 e. The maximum atomic E-state index is 13.9. The van der Waals surface area contributed by atoms with Gasteiger partial charge in [-0.05, 0) is 30.2 Å². The van der Waals surface area contributed by atoms with Gasteiger partial charge >= 0.3 is 0 Å². The van der Waals surface area contributed by atoms with Crippen LogP contribution in [-0.2, 0) is 20.9 Å². The SMILES string of the molecule is CCCCCCCCCCCC(=O)N(CCN1CCOCC1)[C@@H]1C=C(C(=O)NCCO)[C@@H]2c3cc(CO)cc(OC)c3O[C@@H]2[C@H]1O. The van der Waals surface area contributed by atoms with Crippen molar-refractivity contribution in [3.8, 4) is 11.5 Å². The topological polar surface area (TPSA) is 141 Å². The molecule has 3 aliphatic rings. The number of benzene rings is 1. The van der Waals surface area contributed by atoms with Crippen LogP contribution in [0.1, 0.15) is 88.2 Å². The van der Waals surface area contributed by atoms with E-state index in [2.05, 4.69) is 17.1 Å². The fourth-order valence-corrected chi connectivity index (χ4v) is 6.86. The molecule has 11 heteroatoms. The van der Waals surface area contributed by atoms with E-state index in [-0.39, 0.29) is 25.7 Å². The Kier molecular flexibility index (Phi) is 14.6. The molecule has 0 radical (unpaired) electrons. The molecule has 4 atom stereocenters. The zero-order valence-electron chi connectivity index (χ0n) is 27.8. The van der Waals surface area contributed by atoms with E-state index in [4.69, 9.17) is 14.2 Å². The van der Waals surface area contributed by atoms with Gasteiger partial charge in [0.05, 0.1) is 45.5 Å². The predicted octanol–water partition coefficient (Wildman–Crippen LogP) is 2.89. The first-order valence-corrected chi connectivity index (χ1v) is 17.3. The molecule has 11 nitrogen and oxygen atoms in total. The van der Waals surface area contributed by atoms with Crippen LogP contribution in [0.15, 0.2) is 23.8 Å². The molecule has 2 amide bonds. The number of hydrogen-bond acceptors (Lipinski definition) is 9. The Bertz CT molecular complexity index is 1150. The molecule has 0 bridgehead atoms. The molecule has 1 aromatic carbocycles. The van der Waals surface area contributed by atoms with Crippen molar-refractivity contribution in [2.24, 2.45) is 0 Å². The second kappa shape index (κ2) is 18.6. The first-order chi connectivity index (χ1) is 22.4. The van der Waals surface area contributed by atoms with E-state index in [1.54, 1.807) is 23.1 Å². The minimum atomic E-state index is -1.12. The van der Waals surface area contributed by atoms with E-state index in [0.29, 0.717) is 60.9 Å². The second-order valence-corrected chi connectivity index (χ2v) is 12.6. The molecule has 1 fully saturated rings. The molecular weight excluding hydrogens is 590 g/mol. The molecule has 258 valence electrons. The average molecular weight is 646 g/mol. The fraction of sp³-hybridized carbons (Fsp3) is 0.714. The third-order valence-electron chi connectivity index (χ3n) is 9.43. The van der Waals surface area contributed by atoms with Crippen LogP contribution in [0.25, 0.3) is 0 Å². The average Bonchev–Trinajstić information content (AvgIpc) is 3.47. The third-order valence-corrected chi connectivity index (χ3v) is 9.43. The van der Waals surface area contributed by atoms with Gasteiger partial charge in [0.15, 0.2) is 11.5 Å². The summed E-state index contributed by atoms with van der Waals surface area (Å²) in [4.78, 5) is 31.5. The van der Waals surface area contributed by atoms with E-state index in [1.807, 2.05) is 0 Å². The van der Waals surface area contributed by atoms with Crippen molar-refractivity contribution in [2.75, 3.05) is 59.7 Å². The van der Waals surface area contributed by atoms with Gasteiger partial charge in [-0.1, -0.05) is 58.3 Å². The van der Waals surface area contributed by atoms with Crippen LogP contribution in [0.2, 0.25) is 0 Å². The molecule has 1 aromatic rings. The van der Waals surface area contributed by atoms with Crippen LogP contribution in [0.5, 0.6) is 11.5 Å². The zero-order valence-corrected chi connectivity index (χ0v) is 27.8. The number of aliphatic hydroxyl groups is 3. The molecule has 0 spiro atoms. The zero-order chi connectivity index (χ0) is 32.9. The quantitative estimate of drug-likeness (QED) is 0.167. The van der Waals surface area contributed by atoms with Crippen molar-refractivity contribution in [2.45, 2.75) is 102 Å². The highest BCUT2D eigenvalue weighted by molar-refractivity contribution is 5.96. The summed E-state index contributed by atoms with van der Waals surface area (Å²) in [6.45, 7) is 5.67. The summed E-state index contributed by atoms with van der Waals surface area (Å²) in [5, 5.41) is 34.0. The summed E-state index contributed by atoms with van der Waals surface area (Å²) < 4.78 is 17.4. The lowest BCUT2D eigenvalue weighted by Crippen LogP contribution is -2.57. The minimum absolute atomic E-state index is 0.0549. The van der Waals surface area contributed by atoms with Crippen LogP contribution < -0.4 is 14.8 Å². The van der Waals surface area contributed by atoms with Gasteiger partial charge < -0.3 is 39.7 Å². The van der Waals surface area contributed by atoms with Gasteiger partial charge in [-0.15, -0.1) is 0 Å². The fourth-order valence-electron chi connectivity index (χ4n) is 6.86. The van der Waals surface area contributed by atoms with Crippen molar-refractivity contribution < 1.29 is 39.1 Å². The van der Waals surface area contributed by atoms with E-state index in [1.165, 1.54) is 45.6 Å². The minimum Gasteiger partial charge on any atom is -0.493 e. The Morgan fingerprint density at radius 3 is 2.39 bits per heavy atom. The van der Waals surface area contributed by atoms with Gasteiger partial charge in [-0.2, -0.15) is 0 Å². The van der Waals surface area contributed by atoms with Crippen LogP contribution >= 0.6 is 0 Å². The number of carbonyl (C=O) groups is 2. The third kappa shape index (κ3) is 9.22. The number of amides is 2. The smallest absolute Gasteiger partial charge is 0.247 e. The van der Waals surface area contributed by atoms with Crippen molar-refractivity contribution >= 4 is 11.8 Å². The number of ether oxygens (including phenoxy) is 3. The molecule has 4 rings (SSSR count). The Labute approximate surface area is 273 Å². The van der Waals surface area contributed by atoms with Gasteiger partial charge in [0.25, 0.3) is 0 Å². The lowest BCUT2D eigenvalue weighted by atomic mass is 9.77. The predicted molar refractivity (Wildman–Crippen MR) is 175 cm³/mol. The molecule has 4 N–H and O–H groups in total. The molecule has 0 unspecified atom stereocenters. The lowest BCUT2D eigenvalue weighted by molar-refractivity contribution is -0.137. The number of rotatable bonds is 19. The van der Waals surface area contributed by atoms with Crippen LogP contribution in [0.3, 0.4) is 0 Å². The van der Waals surface area contributed by atoms with Gasteiger partial charge in [0.1, 0.15) is 12.2 Å². The summed E-state index contributed by atoms with van der Waals surface area (Å²) in [5.74, 6) is -0.281. The number of morpholine rings is 1. The normalized spacial score (nSPS) is 22.4. The van der Waals surface area contributed by atoms with Gasteiger partial charge in [0, 0.05) is 50.3 Å². The number of nitrogens with one attached hydrogen (secondary N) is 1. The number of methoxy groups -OCH3 is 1. The molecule has 1 aliphatic carbocycles. The summed E-state index contributed by atoms with van der Waals surface area (Å²) in [7, 11) is 1.50. The number of hydrogen-bond donors (Lipinski definition) is 4. The summed E-state index contributed by atoms with van der Waals surface area (Å²) in [6.07, 6.45) is 10.4. The van der Waals surface area contributed by atoms with Gasteiger partial charge in [-0.25, -0.2) is 0 Å². The standard InChI is InChI=1S/C35H55N3O8/c1-3-4-5-6-7-8-9-10-11-12-30(41)38(15-14-37-16-19-45-20-17-37)28-23-27(35(43)36-13-18-39)31-26-21-25(24-40)22-29(44-2)33(26)46-34(31)32(28)42/h21-23,28,31-32,34,39-40,42H,3-20,24H2,1-2H3,(H,36,43)/t28-,31+,32+,34+/m1/s1. The van der Waals surface area contributed by atoms with E-state index < -0.39 is 30.1 Å². The summed E-state index contributed by atoms with van der Waals surface area (Å²) >= 11 is 0. The molecular formula is C35H55N3O8. The van der Waals surface area contributed by atoms with Gasteiger partial charge in [-0.3, -0.25) is 14.5 Å². The highest BCUT2D eigenvalue weighted by Gasteiger charge is 2.51. The molecule has 46 heavy (non-hydrogen) atoms. The first-order valence-electron chi connectivity index (χ1n) is 17.3. The Morgan fingerprint density at radius 1 is 1.04 bits per heavy atom. The Balaban J connectivity index is 1.56. The number of carbonyl (C=O) groups excluding carboxylic acids is 2. The van der Waals surface area contributed by atoms with E-state index >= 15 is 0 Å². The highest BCUT2D eigenvalue weighted by atomic mass is 16.5. The van der Waals surface area contributed by atoms with Crippen molar-refractivity contribution in [1.82, 2.24) is 15.1 Å².